The first kappa shape index (κ1) is 22.1. The second-order valence-electron chi connectivity index (χ2n) is 8.34. The van der Waals surface area contributed by atoms with Gasteiger partial charge in [-0.15, -0.1) is 11.3 Å². The van der Waals surface area contributed by atoms with E-state index in [1.165, 1.54) is 16.9 Å². The molecule has 1 aliphatic rings. The van der Waals surface area contributed by atoms with Crippen LogP contribution in [-0.2, 0) is 6.61 Å². The number of fused-ring (bicyclic) bond motifs is 1. The number of nitrogens with zero attached hydrogens (tertiary/aromatic N) is 3. The summed E-state index contributed by atoms with van der Waals surface area (Å²) in [5, 5.41) is 4.54. The Morgan fingerprint density at radius 2 is 1.56 bits per heavy atom. The van der Waals surface area contributed by atoms with E-state index in [4.69, 9.17) is 4.74 Å². The number of hydrogen-bond acceptors (Lipinski definition) is 5. The summed E-state index contributed by atoms with van der Waals surface area (Å²) in [6, 6.07) is 21.5. The maximum Gasteiger partial charge on any atom is 0.273 e. The van der Waals surface area contributed by atoms with Gasteiger partial charge in [-0.3, -0.25) is 9.59 Å². The van der Waals surface area contributed by atoms with Crippen LogP contribution in [0.25, 0.3) is 10.8 Å². The van der Waals surface area contributed by atoms with Gasteiger partial charge in [-0.05, 0) is 35.9 Å². The van der Waals surface area contributed by atoms with Crippen molar-refractivity contribution >= 4 is 33.9 Å². The SMILES string of the molecule is Cc1ccc(OCc2nc(C(=O)N3CCN(C(=O)c4cccc5ccccc45)CC3)cs2)cc1. The lowest BCUT2D eigenvalue weighted by Crippen LogP contribution is -2.50. The van der Waals surface area contributed by atoms with Crippen molar-refractivity contribution in [2.45, 2.75) is 13.5 Å². The fraction of sp³-hybridized carbons (Fsp3) is 0.222. The fourth-order valence-electron chi connectivity index (χ4n) is 4.11. The first-order valence-corrected chi connectivity index (χ1v) is 12.2. The highest BCUT2D eigenvalue weighted by molar-refractivity contribution is 7.09. The average Bonchev–Trinajstić information content (AvgIpc) is 3.36. The number of benzene rings is 3. The monoisotopic (exact) mass is 471 g/mol. The van der Waals surface area contributed by atoms with Crippen molar-refractivity contribution in [3.8, 4) is 5.75 Å². The molecule has 34 heavy (non-hydrogen) atoms. The molecule has 1 aromatic heterocycles. The third-order valence-electron chi connectivity index (χ3n) is 6.03. The van der Waals surface area contributed by atoms with Crippen LogP contribution in [0.4, 0.5) is 0 Å². The Labute approximate surface area is 202 Å². The molecular weight excluding hydrogens is 446 g/mol. The van der Waals surface area contributed by atoms with Crippen molar-refractivity contribution in [3.63, 3.8) is 0 Å². The summed E-state index contributed by atoms with van der Waals surface area (Å²) in [7, 11) is 0. The molecule has 0 N–H and O–H groups in total. The molecule has 0 aliphatic carbocycles. The van der Waals surface area contributed by atoms with Crippen molar-refractivity contribution in [2.24, 2.45) is 0 Å². The van der Waals surface area contributed by atoms with Gasteiger partial charge in [0.15, 0.2) is 0 Å². The molecule has 5 rings (SSSR count). The van der Waals surface area contributed by atoms with Crippen LogP contribution < -0.4 is 4.74 Å². The second-order valence-corrected chi connectivity index (χ2v) is 9.28. The van der Waals surface area contributed by atoms with Gasteiger partial charge in [0.1, 0.15) is 23.1 Å². The largest absolute Gasteiger partial charge is 0.486 e. The minimum Gasteiger partial charge on any atom is -0.486 e. The molecule has 0 spiro atoms. The zero-order valence-corrected chi connectivity index (χ0v) is 19.8. The molecule has 7 heteroatoms. The van der Waals surface area contributed by atoms with Gasteiger partial charge in [0.2, 0.25) is 0 Å². The van der Waals surface area contributed by atoms with Gasteiger partial charge in [0.05, 0.1) is 0 Å². The van der Waals surface area contributed by atoms with Crippen LogP contribution in [0.15, 0.2) is 72.1 Å². The number of carbonyl (C=O) groups is 2. The van der Waals surface area contributed by atoms with E-state index in [2.05, 4.69) is 4.98 Å². The van der Waals surface area contributed by atoms with E-state index >= 15 is 0 Å². The number of piperazine rings is 1. The molecule has 0 unspecified atom stereocenters. The van der Waals surface area contributed by atoms with Crippen LogP contribution in [0.5, 0.6) is 5.75 Å². The van der Waals surface area contributed by atoms with Crippen LogP contribution in [0.3, 0.4) is 0 Å². The Balaban J connectivity index is 1.18. The van der Waals surface area contributed by atoms with Gasteiger partial charge in [-0.2, -0.15) is 0 Å². The van der Waals surface area contributed by atoms with Crippen molar-refractivity contribution in [3.05, 3.63) is 93.9 Å². The summed E-state index contributed by atoms with van der Waals surface area (Å²) < 4.78 is 5.78. The Morgan fingerprint density at radius 1 is 0.882 bits per heavy atom. The van der Waals surface area contributed by atoms with Crippen molar-refractivity contribution < 1.29 is 14.3 Å². The average molecular weight is 472 g/mol. The highest BCUT2D eigenvalue weighted by Gasteiger charge is 2.27. The number of rotatable bonds is 5. The first-order chi connectivity index (χ1) is 16.6. The summed E-state index contributed by atoms with van der Waals surface area (Å²) in [5.41, 5.74) is 2.31. The van der Waals surface area contributed by atoms with E-state index in [1.807, 2.05) is 78.6 Å². The molecule has 1 aliphatic heterocycles. The maximum absolute atomic E-state index is 13.2. The molecule has 3 aromatic carbocycles. The number of carbonyl (C=O) groups excluding carboxylic acids is 2. The van der Waals surface area contributed by atoms with Gasteiger partial charge < -0.3 is 14.5 Å². The lowest BCUT2D eigenvalue weighted by molar-refractivity contribution is 0.0533. The topological polar surface area (TPSA) is 62.7 Å². The van der Waals surface area contributed by atoms with E-state index < -0.39 is 0 Å². The van der Waals surface area contributed by atoms with Crippen LogP contribution in [-0.4, -0.2) is 52.8 Å². The second kappa shape index (κ2) is 9.65. The molecule has 6 nitrogen and oxygen atoms in total. The Morgan fingerprint density at radius 3 is 2.32 bits per heavy atom. The van der Waals surface area contributed by atoms with E-state index in [-0.39, 0.29) is 11.8 Å². The normalized spacial score (nSPS) is 13.8. The summed E-state index contributed by atoms with van der Waals surface area (Å²) in [5.74, 6) is 0.684. The summed E-state index contributed by atoms with van der Waals surface area (Å²) in [4.78, 5) is 34.2. The smallest absolute Gasteiger partial charge is 0.273 e. The zero-order valence-electron chi connectivity index (χ0n) is 18.9. The van der Waals surface area contributed by atoms with Crippen LogP contribution in [0, 0.1) is 6.92 Å². The predicted octanol–water partition coefficient (Wildman–Crippen LogP) is 4.78. The number of hydrogen-bond donors (Lipinski definition) is 0. The Bertz CT molecular complexity index is 1320. The molecular formula is C27H25N3O3S. The minimum absolute atomic E-state index is 0.00750. The van der Waals surface area contributed by atoms with Crippen LogP contribution in [0.1, 0.15) is 31.4 Å². The Kier molecular flexibility index (Phi) is 6.27. The Hall–Kier alpha value is -3.71. The molecule has 1 fully saturated rings. The van der Waals surface area contributed by atoms with Crippen molar-refractivity contribution in [1.29, 1.82) is 0 Å². The third-order valence-corrected chi connectivity index (χ3v) is 6.85. The van der Waals surface area contributed by atoms with Crippen molar-refractivity contribution in [2.75, 3.05) is 26.2 Å². The highest BCUT2D eigenvalue weighted by Crippen LogP contribution is 2.22. The van der Waals surface area contributed by atoms with Crippen LogP contribution >= 0.6 is 11.3 Å². The van der Waals surface area contributed by atoms with Gasteiger partial charge in [0.25, 0.3) is 11.8 Å². The lowest BCUT2D eigenvalue weighted by atomic mass is 10.0. The molecule has 2 amide bonds. The summed E-state index contributed by atoms with van der Waals surface area (Å²) in [6.45, 7) is 4.34. The molecule has 172 valence electrons. The third kappa shape index (κ3) is 4.65. The first-order valence-electron chi connectivity index (χ1n) is 11.3. The number of ether oxygens (including phenoxy) is 1. The number of amides is 2. The van der Waals surface area contributed by atoms with Gasteiger partial charge in [-0.25, -0.2) is 4.98 Å². The number of aromatic nitrogens is 1. The van der Waals surface area contributed by atoms with Gasteiger partial charge >= 0.3 is 0 Å². The van der Waals surface area contributed by atoms with Gasteiger partial charge in [-0.1, -0.05) is 54.1 Å². The quantitative estimate of drug-likeness (QED) is 0.420. The molecule has 0 saturated carbocycles. The number of thiazole rings is 1. The molecule has 0 atom stereocenters. The highest BCUT2D eigenvalue weighted by atomic mass is 32.1. The van der Waals surface area contributed by atoms with E-state index in [0.717, 1.165) is 21.5 Å². The molecule has 0 radical (unpaired) electrons. The fourth-order valence-corrected chi connectivity index (χ4v) is 4.79. The lowest BCUT2D eigenvalue weighted by Gasteiger charge is -2.34. The molecule has 0 bridgehead atoms. The zero-order chi connectivity index (χ0) is 23.5. The van der Waals surface area contributed by atoms with E-state index in [9.17, 15) is 9.59 Å². The standard InChI is InChI=1S/C27H25N3O3S/c1-19-9-11-21(12-10-19)33-17-25-28-24(18-34-25)27(32)30-15-13-29(14-16-30)26(31)23-8-4-6-20-5-2-3-7-22(20)23/h2-12,18H,13-17H2,1H3. The number of aryl methyl sites for hydroxylation is 1. The van der Waals surface area contributed by atoms with Gasteiger partial charge in [0, 0.05) is 37.1 Å². The molecule has 4 aromatic rings. The maximum atomic E-state index is 13.2. The van der Waals surface area contributed by atoms with E-state index in [0.29, 0.717) is 44.0 Å². The predicted molar refractivity (Wildman–Crippen MR) is 133 cm³/mol. The summed E-state index contributed by atoms with van der Waals surface area (Å²) in [6.07, 6.45) is 0. The van der Waals surface area contributed by atoms with Crippen LogP contribution in [0.2, 0.25) is 0 Å². The molecule has 1 saturated heterocycles. The minimum atomic E-state index is -0.102. The van der Waals surface area contributed by atoms with E-state index in [1.54, 1.807) is 10.3 Å². The molecule has 2 heterocycles. The van der Waals surface area contributed by atoms with Crippen molar-refractivity contribution in [1.82, 2.24) is 14.8 Å². The summed E-state index contributed by atoms with van der Waals surface area (Å²) >= 11 is 1.42.